The zero-order chi connectivity index (χ0) is 14.7. The number of carboxylic acid groups (broad SMARTS) is 1. The highest BCUT2D eigenvalue weighted by atomic mass is 79.9. The molecule has 0 aliphatic heterocycles. The van der Waals surface area contributed by atoms with Crippen LogP contribution < -0.4 is 4.74 Å². The third-order valence-corrected chi connectivity index (χ3v) is 3.74. The first-order valence-electron chi connectivity index (χ1n) is 5.88. The summed E-state index contributed by atoms with van der Waals surface area (Å²) in [4.78, 5) is 10.9. The Morgan fingerprint density at radius 1 is 1.35 bits per heavy atom. The van der Waals surface area contributed by atoms with Gasteiger partial charge in [0.2, 0.25) is 0 Å². The SMILES string of the molecule is Cc1cc(OCc2cccc(F)c2Br)ccc1C(=O)O. The molecule has 0 saturated carbocycles. The molecule has 2 rings (SSSR count). The van der Waals surface area contributed by atoms with Crippen LogP contribution in [0, 0.1) is 12.7 Å². The second-order valence-corrected chi connectivity index (χ2v) is 5.08. The Hall–Kier alpha value is -1.88. The number of hydrogen-bond donors (Lipinski definition) is 1. The van der Waals surface area contributed by atoms with Gasteiger partial charge in [0.1, 0.15) is 18.2 Å². The highest BCUT2D eigenvalue weighted by Crippen LogP contribution is 2.23. The molecule has 5 heteroatoms. The summed E-state index contributed by atoms with van der Waals surface area (Å²) in [5.41, 5.74) is 1.54. The Kier molecular flexibility index (Phi) is 4.39. The lowest BCUT2D eigenvalue weighted by Crippen LogP contribution is -2.01. The van der Waals surface area contributed by atoms with Crippen molar-refractivity contribution in [3.8, 4) is 5.75 Å². The molecule has 0 fully saturated rings. The van der Waals surface area contributed by atoms with Crippen molar-refractivity contribution in [3.05, 3.63) is 63.4 Å². The van der Waals surface area contributed by atoms with Gasteiger partial charge < -0.3 is 9.84 Å². The van der Waals surface area contributed by atoms with Crippen molar-refractivity contribution in [3.63, 3.8) is 0 Å². The Labute approximate surface area is 124 Å². The molecule has 3 nitrogen and oxygen atoms in total. The lowest BCUT2D eigenvalue weighted by atomic mass is 10.1. The van der Waals surface area contributed by atoms with Gasteiger partial charge in [-0.3, -0.25) is 0 Å². The minimum absolute atomic E-state index is 0.199. The number of rotatable bonds is 4. The van der Waals surface area contributed by atoms with Crippen LogP contribution >= 0.6 is 15.9 Å². The molecule has 2 aromatic carbocycles. The van der Waals surface area contributed by atoms with Crippen LogP contribution in [-0.2, 0) is 6.61 Å². The maximum absolute atomic E-state index is 13.3. The van der Waals surface area contributed by atoms with Crippen LogP contribution in [0.5, 0.6) is 5.75 Å². The third kappa shape index (κ3) is 3.17. The molecule has 1 N–H and O–H groups in total. The van der Waals surface area contributed by atoms with E-state index in [1.807, 2.05) is 0 Å². The smallest absolute Gasteiger partial charge is 0.335 e. The number of halogens is 2. The Bertz CT molecular complexity index is 656. The van der Waals surface area contributed by atoms with Crippen molar-refractivity contribution >= 4 is 21.9 Å². The molecule has 0 spiro atoms. The van der Waals surface area contributed by atoms with Crippen LogP contribution in [0.1, 0.15) is 21.5 Å². The molecule has 0 bridgehead atoms. The third-order valence-electron chi connectivity index (χ3n) is 2.85. The second kappa shape index (κ2) is 6.05. The van der Waals surface area contributed by atoms with Gasteiger partial charge in [-0.2, -0.15) is 0 Å². The molecule has 0 atom stereocenters. The van der Waals surface area contributed by atoms with Gasteiger partial charge in [0.05, 0.1) is 10.0 Å². The molecule has 20 heavy (non-hydrogen) atoms. The van der Waals surface area contributed by atoms with Gasteiger partial charge >= 0.3 is 5.97 Å². The number of carbonyl (C=O) groups is 1. The van der Waals surface area contributed by atoms with Gasteiger partial charge in [-0.1, -0.05) is 12.1 Å². The lowest BCUT2D eigenvalue weighted by molar-refractivity contribution is 0.0696. The minimum Gasteiger partial charge on any atom is -0.489 e. The molecule has 0 aliphatic rings. The summed E-state index contributed by atoms with van der Waals surface area (Å²) in [6.07, 6.45) is 0. The highest BCUT2D eigenvalue weighted by Gasteiger charge is 2.09. The number of carboxylic acids is 1. The van der Waals surface area contributed by atoms with E-state index >= 15 is 0 Å². The first-order valence-corrected chi connectivity index (χ1v) is 6.68. The van der Waals surface area contributed by atoms with Crippen molar-refractivity contribution in [2.45, 2.75) is 13.5 Å². The van der Waals surface area contributed by atoms with E-state index in [2.05, 4.69) is 15.9 Å². The van der Waals surface area contributed by atoms with E-state index in [0.717, 1.165) is 0 Å². The van der Waals surface area contributed by atoms with Crippen molar-refractivity contribution in [1.82, 2.24) is 0 Å². The molecule has 0 amide bonds. The van der Waals surface area contributed by atoms with Crippen LogP contribution in [0.15, 0.2) is 40.9 Å². The number of aromatic carboxylic acids is 1. The fraction of sp³-hybridized carbons (Fsp3) is 0.133. The van der Waals surface area contributed by atoms with Crippen molar-refractivity contribution < 1.29 is 19.0 Å². The average molecular weight is 339 g/mol. The van der Waals surface area contributed by atoms with Gasteiger partial charge in [0, 0.05) is 5.56 Å². The second-order valence-electron chi connectivity index (χ2n) is 4.28. The normalized spacial score (nSPS) is 10.3. The summed E-state index contributed by atoms with van der Waals surface area (Å²) in [6, 6.07) is 9.45. The van der Waals surface area contributed by atoms with Crippen molar-refractivity contribution in [2.75, 3.05) is 0 Å². The molecular formula is C15H12BrFO3. The van der Waals surface area contributed by atoms with Crippen molar-refractivity contribution in [1.29, 1.82) is 0 Å². The standard InChI is InChI=1S/C15H12BrFO3/c1-9-7-11(5-6-12(9)15(18)19)20-8-10-3-2-4-13(17)14(10)16/h2-7H,8H2,1H3,(H,18,19). The predicted molar refractivity (Wildman–Crippen MR) is 76.6 cm³/mol. The van der Waals surface area contributed by atoms with E-state index in [9.17, 15) is 9.18 Å². The molecule has 0 saturated heterocycles. The molecule has 0 aliphatic carbocycles. The van der Waals surface area contributed by atoms with Crippen LogP contribution in [0.2, 0.25) is 0 Å². The highest BCUT2D eigenvalue weighted by molar-refractivity contribution is 9.10. The zero-order valence-electron chi connectivity index (χ0n) is 10.7. The molecule has 104 valence electrons. The van der Waals surface area contributed by atoms with Gasteiger partial charge in [-0.05, 0) is 52.7 Å². The maximum Gasteiger partial charge on any atom is 0.335 e. The number of ether oxygens (including phenoxy) is 1. The van der Waals surface area contributed by atoms with E-state index < -0.39 is 5.97 Å². The van der Waals surface area contributed by atoms with Gasteiger partial charge in [0.25, 0.3) is 0 Å². The molecule has 2 aromatic rings. The minimum atomic E-state index is -0.970. The summed E-state index contributed by atoms with van der Waals surface area (Å²) in [5.74, 6) is -0.769. The summed E-state index contributed by atoms with van der Waals surface area (Å²) in [7, 11) is 0. The largest absolute Gasteiger partial charge is 0.489 e. The van der Waals surface area contributed by atoms with Crippen LogP contribution in [0.4, 0.5) is 4.39 Å². The van der Waals surface area contributed by atoms with E-state index in [0.29, 0.717) is 21.3 Å². The van der Waals surface area contributed by atoms with Gasteiger partial charge in [-0.15, -0.1) is 0 Å². The van der Waals surface area contributed by atoms with E-state index in [4.69, 9.17) is 9.84 Å². The lowest BCUT2D eigenvalue weighted by Gasteiger charge is -2.10. The molecule has 0 unspecified atom stereocenters. The Morgan fingerprint density at radius 2 is 2.10 bits per heavy atom. The Balaban J connectivity index is 2.13. The van der Waals surface area contributed by atoms with Crippen LogP contribution in [0.25, 0.3) is 0 Å². The quantitative estimate of drug-likeness (QED) is 0.909. The zero-order valence-corrected chi connectivity index (χ0v) is 12.3. The first kappa shape index (κ1) is 14.5. The summed E-state index contributed by atoms with van der Waals surface area (Å²) in [5, 5.41) is 8.94. The average Bonchev–Trinajstić information content (AvgIpc) is 2.40. The van der Waals surface area contributed by atoms with E-state index in [1.54, 1.807) is 31.2 Å². The summed E-state index contributed by atoms with van der Waals surface area (Å²) >= 11 is 3.17. The number of aryl methyl sites for hydroxylation is 1. The van der Waals surface area contributed by atoms with E-state index in [1.165, 1.54) is 12.1 Å². The fourth-order valence-electron chi connectivity index (χ4n) is 1.79. The van der Waals surface area contributed by atoms with Gasteiger partial charge in [0.15, 0.2) is 0 Å². The molecular weight excluding hydrogens is 327 g/mol. The molecule has 0 radical (unpaired) electrons. The predicted octanol–water partition coefficient (Wildman–Crippen LogP) is 4.17. The van der Waals surface area contributed by atoms with Crippen LogP contribution in [0.3, 0.4) is 0 Å². The molecule has 0 heterocycles. The topological polar surface area (TPSA) is 46.5 Å². The number of hydrogen-bond acceptors (Lipinski definition) is 2. The number of benzene rings is 2. The van der Waals surface area contributed by atoms with Gasteiger partial charge in [-0.25, -0.2) is 9.18 Å². The van der Waals surface area contributed by atoms with Crippen LogP contribution in [-0.4, -0.2) is 11.1 Å². The fourth-order valence-corrected chi connectivity index (χ4v) is 2.17. The monoisotopic (exact) mass is 338 g/mol. The molecule has 0 aromatic heterocycles. The van der Waals surface area contributed by atoms with Crippen molar-refractivity contribution in [2.24, 2.45) is 0 Å². The first-order chi connectivity index (χ1) is 9.49. The maximum atomic E-state index is 13.3. The van der Waals surface area contributed by atoms with E-state index in [-0.39, 0.29) is 18.0 Å². The Morgan fingerprint density at radius 3 is 2.75 bits per heavy atom. The summed E-state index contributed by atoms with van der Waals surface area (Å²) < 4.78 is 19.3. The summed E-state index contributed by atoms with van der Waals surface area (Å²) in [6.45, 7) is 1.90.